The van der Waals surface area contributed by atoms with E-state index in [2.05, 4.69) is 15.3 Å². The van der Waals surface area contributed by atoms with Crippen LogP contribution in [0.25, 0.3) is 17.0 Å². The maximum absolute atomic E-state index is 12.4. The molecule has 0 amide bonds. The molecule has 9 nitrogen and oxygen atoms in total. The van der Waals surface area contributed by atoms with Crippen molar-refractivity contribution in [3.05, 3.63) is 87.3 Å². The van der Waals surface area contributed by atoms with Crippen LogP contribution in [0.1, 0.15) is 5.89 Å². The molecule has 1 N–H and O–H groups in total. The Bertz CT molecular complexity index is 1180. The third-order valence-corrected chi connectivity index (χ3v) is 3.91. The summed E-state index contributed by atoms with van der Waals surface area (Å²) < 4.78 is 6.78. The van der Waals surface area contributed by atoms with E-state index in [0.29, 0.717) is 17.3 Å². The molecular weight excluding hydrogens is 350 g/mol. The molecule has 27 heavy (non-hydrogen) atoms. The van der Waals surface area contributed by atoms with Crippen LogP contribution in [0.4, 0.5) is 11.5 Å². The number of anilines is 1. The predicted octanol–water partition coefficient (Wildman–Crippen LogP) is 2.87. The van der Waals surface area contributed by atoms with Crippen LogP contribution < -0.4 is 10.9 Å². The fraction of sp³-hybridized carbons (Fsp3) is 0.0556. The standard InChI is InChI=1S/C18H13N5O4/c24-18-16(23(25)26)17(21-14-8-4-5-9-22(14)18)20-11-15-19-10-13(27-15)12-6-2-1-3-7-12/h1-10,20H,11H2. The SMILES string of the molecule is O=c1c([N+](=O)[O-])c(NCc2ncc(-c3ccccc3)o2)nc2ccccn12. The molecular formula is C18H13N5O4. The summed E-state index contributed by atoms with van der Waals surface area (Å²) in [7, 11) is 0. The van der Waals surface area contributed by atoms with Crippen LogP contribution in [0, 0.1) is 10.1 Å². The highest BCUT2D eigenvalue weighted by molar-refractivity contribution is 5.60. The Hall–Kier alpha value is -4.01. The predicted molar refractivity (Wildman–Crippen MR) is 97.4 cm³/mol. The summed E-state index contributed by atoms with van der Waals surface area (Å²) in [6, 6.07) is 14.3. The Morgan fingerprint density at radius 1 is 1.15 bits per heavy atom. The number of rotatable bonds is 5. The van der Waals surface area contributed by atoms with E-state index in [1.165, 1.54) is 6.20 Å². The molecule has 3 aromatic heterocycles. The van der Waals surface area contributed by atoms with Crippen molar-refractivity contribution in [2.75, 3.05) is 5.32 Å². The lowest BCUT2D eigenvalue weighted by Crippen LogP contribution is -2.21. The lowest BCUT2D eigenvalue weighted by atomic mass is 10.2. The summed E-state index contributed by atoms with van der Waals surface area (Å²) in [5, 5.41) is 14.1. The van der Waals surface area contributed by atoms with Gasteiger partial charge in [-0.15, -0.1) is 0 Å². The molecule has 0 spiro atoms. The van der Waals surface area contributed by atoms with Crippen molar-refractivity contribution in [3.8, 4) is 11.3 Å². The average Bonchev–Trinajstić information content (AvgIpc) is 3.16. The van der Waals surface area contributed by atoms with E-state index in [9.17, 15) is 14.9 Å². The Morgan fingerprint density at radius 2 is 1.93 bits per heavy atom. The van der Waals surface area contributed by atoms with Gasteiger partial charge in [-0.1, -0.05) is 36.4 Å². The zero-order valence-corrected chi connectivity index (χ0v) is 13.9. The third-order valence-electron chi connectivity index (χ3n) is 3.91. The lowest BCUT2D eigenvalue weighted by molar-refractivity contribution is -0.385. The van der Waals surface area contributed by atoms with Gasteiger partial charge in [-0.2, -0.15) is 0 Å². The highest BCUT2D eigenvalue weighted by Crippen LogP contribution is 2.22. The Morgan fingerprint density at radius 3 is 2.70 bits per heavy atom. The second-order valence-corrected chi connectivity index (χ2v) is 5.64. The second-order valence-electron chi connectivity index (χ2n) is 5.64. The molecule has 0 fully saturated rings. The van der Waals surface area contributed by atoms with Crippen molar-refractivity contribution in [1.82, 2.24) is 14.4 Å². The summed E-state index contributed by atoms with van der Waals surface area (Å²) in [4.78, 5) is 31.3. The number of hydrogen-bond acceptors (Lipinski definition) is 7. The number of nitrogens with zero attached hydrogens (tertiary/aromatic N) is 4. The molecule has 0 aliphatic rings. The number of fused-ring (bicyclic) bond motifs is 1. The number of aromatic nitrogens is 3. The first-order valence-corrected chi connectivity index (χ1v) is 8.03. The first kappa shape index (κ1) is 16.5. The summed E-state index contributed by atoms with van der Waals surface area (Å²) in [6.07, 6.45) is 3.01. The average molecular weight is 363 g/mol. The van der Waals surface area contributed by atoms with Gasteiger partial charge in [-0.3, -0.25) is 19.3 Å². The molecule has 0 saturated heterocycles. The molecule has 3 heterocycles. The first-order chi connectivity index (χ1) is 13.1. The Kier molecular flexibility index (Phi) is 4.09. The highest BCUT2D eigenvalue weighted by Gasteiger charge is 2.23. The van der Waals surface area contributed by atoms with Gasteiger partial charge in [0.05, 0.1) is 17.7 Å². The van der Waals surface area contributed by atoms with Crippen LogP contribution in [0.2, 0.25) is 0 Å². The smallest absolute Gasteiger partial charge is 0.376 e. The van der Waals surface area contributed by atoms with Gasteiger partial charge in [-0.05, 0) is 12.1 Å². The zero-order valence-electron chi connectivity index (χ0n) is 13.9. The second kappa shape index (κ2) is 6.71. The molecule has 134 valence electrons. The molecule has 0 aliphatic carbocycles. The minimum Gasteiger partial charge on any atom is -0.439 e. The normalized spacial score (nSPS) is 10.8. The van der Waals surface area contributed by atoms with E-state index in [1.54, 1.807) is 24.4 Å². The third kappa shape index (κ3) is 3.13. The van der Waals surface area contributed by atoms with Crippen molar-refractivity contribution in [1.29, 1.82) is 0 Å². The van der Waals surface area contributed by atoms with Gasteiger partial charge >= 0.3 is 11.2 Å². The molecule has 0 atom stereocenters. The zero-order chi connectivity index (χ0) is 18.8. The summed E-state index contributed by atoms with van der Waals surface area (Å²) >= 11 is 0. The first-order valence-electron chi connectivity index (χ1n) is 8.03. The fourth-order valence-electron chi connectivity index (χ4n) is 2.65. The van der Waals surface area contributed by atoms with Gasteiger partial charge in [0.1, 0.15) is 5.65 Å². The molecule has 4 aromatic rings. The van der Waals surface area contributed by atoms with Gasteiger partial charge in [0.15, 0.2) is 5.76 Å². The van der Waals surface area contributed by atoms with E-state index in [-0.39, 0.29) is 12.4 Å². The van der Waals surface area contributed by atoms with Gasteiger partial charge in [-0.25, -0.2) is 9.97 Å². The largest absolute Gasteiger partial charge is 0.439 e. The number of nitrogens with one attached hydrogen (secondary N) is 1. The molecule has 9 heteroatoms. The maximum Gasteiger partial charge on any atom is 0.376 e. The van der Waals surface area contributed by atoms with Crippen LogP contribution in [0.5, 0.6) is 0 Å². The number of nitro groups is 1. The Labute approximate surface area is 152 Å². The van der Waals surface area contributed by atoms with E-state index < -0.39 is 16.2 Å². The van der Waals surface area contributed by atoms with Crippen molar-refractivity contribution < 1.29 is 9.34 Å². The number of benzene rings is 1. The molecule has 4 rings (SSSR count). The summed E-state index contributed by atoms with van der Waals surface area (Å²) in [6.45, 7) is 0.0448. The molecule has 0 unspecified atom stereocenters. The van der Waals surface area contributed by atoms with Gasteiger partial charge < -0.3 is 9.73 Å². The highest BCUT2D eigenvalue weighted by atomic mass is 16.6. The number of oxazole rings is 1. The lowest BCUT2D eigenvalue weighted by Gasteiger charge is -2.06. The summed E-state index contributed by atoms with van der Waals surface area (Å²) in [5.41, 5.74) is -0.226. The van der Waals surface area contributed by atoms with Crippen LogP contribution in [0.15, 0.2) is 70.1 Å². The monoisotopic (exact) mass is 363 g/mol. The van der Waals surface area contributed by atoms with Crippen molar-refractivity contribution >= 4 is 17.2 Å². The molecule has 0 radical (unpaired) electrons. The molecule has 1 aromatic carbocycles. The number of pyridine rings is 1. The summed E-state index contributed by atoms with van der Waals surface area (Å²) in [5.74, 6) is 0.766. The van der Waals surface area contributed by atoms with E-state index in [0.717, 1.165) is 9.96 Å². The molecule has 0 saturated carbocycles. The van der Waals surface area contributed by atoms with Crippen molar-refractivity contribution in [2.45, 2.75) is 6.54 Å². The van der Waals surface area contributed by atoms with Crippen molar-refractivity contribution in [2.24, 2.45) is 0 Å². The molecule has 0 bridgehead atoms. The van der Waals surface area contributed by atoms with E-state index in [1.807, 2.05) is 30.3 Å². The Balaban J connectivity index is 1.64. The van der Waals surface area contributed by atoms with Crippen LogP contribution in [-0.4, -0.2) is 19.3 Å². The molecule has 0 aliphatic heterocycles. The topological polar surface area (TPSA) is 116 Å². The quantitative estimate of drug-likeness (QED) is 0.428. The minimum atomic E-state index is -0.759. The van der Waals surface area contributed by atoms with Crippen molar-refractivity contribution in [3.63, 3.8) is 0 Å². The minimum absolute atomic E-state index is 0.0448. The maximum atomic E-state index is 12.4. The van der Waals surface area contributed by atoms with E-state index >= 15 is 0 Å². The van der Waals surface area contributed by atoms with Crippen LogP contribution >= 0.6 is 0 Å². The van der Waals surface area contributed by atoms with Gasteiger partial charge in [0, 0.05) is 11.8 Å². The van der Waals surface area contributed by atoms with Gasteiger partial charge in [0.25, 0.3) is 0 Å². The van der Waals surface area contributed by atoms with Crippen LogP contribution in [-0.2, 0) is 6.54 Å². The van der Waals surface area contributed by atoms with Gasteiger partial charge in [0.2, 0.25) is 11.7 Å². The number of hydrogen-bond donors (Lipinski definition) is 1. The van der Waals surface area contributed by atoms with Crippen LogP contribution in [0.3, 0.4) is 0 Å². The van der Waals surface area contributed by atoms with E-state index in [4.69, 9.17) is 4.42 Å². The fourth-order valence-corrected chi connectivity index (χ4v) is 2.65.